The number of aliphatic hydroxyl groups is 7. The van der Waals surface area contributed by atoms with Gasteiger partial charge in [0.1, 0.15) is 36.6 Å². The third-order valence-electron chi connectivity index (χ3n) is 13.1. The summed E-state index contributed by atoms with van der Waals surface area (Å²) in [4.78, 5) is 13.2. The zero-order valence-corrected chi connectivity index (χ0v) is 42.6. The number of nitrogens with one attached hydrogen (secondary N) is 1. The van der Waals surface area contributed by atoms with Gasteiger partial charge in [0.15, 0.2) is 6.29 Å². The molecular weight excluding hydrogens is 847 g/mol. The van der Waals surface area contributed by atoms with E-state index in [0.29, 0.717) is 19.3 Å². The van der Waals surface area contributed by atoms with Crippen LogP contribution < -0.4 is 5.32 Å². The van der Waals surface area contributed by atoms with Crippen LogP contribution in [0.25, 0.3) is 0 Å². The highest BCUT2D eigenvalue weighted by atomic mass is 16.7. The number of hydrogen-bond acceptors (Lipinski definition) is 10. The average Bonchev–Trinajstić information content (AvgIpc) is 3.33. The maximum absolute atomic E-state index is 13.2. The molecule has 0 aromatic heterocycles. The van der Waals surface area contributed by atoms with Crippen molar-refractivity contribution in [3.8, 4) is 0 Å². The molecule has 1 heterocycles. The van der Waals surface area contributed by atoms with E-state index in [9.17, 15) is 40.5 Å². The van der Waals surface area contributed by atoms with Crippen molar-refractivity contribution in [2.45, 2.75) is 287 Å². The molecule has 8 N–H and O–H groups in total. The number of hydrogen-bond donors (Lipinski definition) is 8. The molecular formula is C56H103NO10. The Bertz CT molecular complexity index is 1230. The Kier molecular flexibility index (Phi) is 42.6. The number of carbonyl (C=O) groups is 1. The minimum Gasteiger partial charge on any atom is -0.394 e. The lowest BCUT2D eigenvalue weighted by atomic mass is 9.98. The van der Waals surface area contributed by atoms with E-state index < -0.39 is 74.2 Å². The fourth-order valence-electron chi connectivity index (χ4n) is 8.53. The maximum Gasteiger partial charge on any atom is 0.249 e. The van der Waals surface area contributed by atoms with E-state index in [0.717, 1.165) is 64.2 Å². The third kappa shape index (κ3) is 34.1. The summed E-state index contributed by atoms with van der Waals surface area (Å²) in [6, 6.07) is -1.20. The second kappa shape index (κ2) is 45.2. The smallest absolute Gasteiger partial charge is 0.249 e. The quantitative estimate of drug-likeness (QED) is 0.0215. The summed E-state index contributed by atoms with van der Waals surface area (Å²) in [5.74, 6) is -0.717. The first-order valence-electron chi connectivity index (χ1n) is 27.5. The molecule has 9 unspecified atom stereocenters. The minimum absolute atomic E-state index is 0.239. The Morgan fingerprint density at radius 3 is 1.33 bits per heavy atom. The van der Waals surface area contributed by atoms with Crippen LogP contribution in [0.1, 0.15) is 232 Å². The second-order valence-corrected chi connectivity index (χ2v) is 19.3. The van der Waals surface area contributed by atoms with Gasteiger partial charge in [-0.15, -0.1) is 0 Å². The first kappa shape index (κ1) is 63.1. The van der Waals surface area contributed by atoms with Crippen molar-refractivity contribution in [3.05, 3.63) is 48.6 Å². The summed E-state index contributed by atoms with van der Waals surface area (Å²) < 4.78 is 11.1. The van der Waals surface area contributed by atoms with Crippen molar-refractivity contribution in [1.29, 1.82) is 0 Å². The number of allylic oxidation sites excluding steroid dienone is 8. The van der Waals surface area contributed by atoms with Crippen molar-refractivity contribution in [2.24, 2.45) is 0 Å². The van der Waals surface area contributed by atoms with E-state index in [1.165, 1.54) is 122 Å². The molecule has 9 atom stereocenters. The van der Waals surface area contributed by atoms with Crippen LogP contribution in [0.15, 0.2) is 48.6 Å². The minimum atomic E-state index is -1.67. The molecule has 0 saturated carbocycles. The molecule has 11 nitrogen and oxygen atoms in total. The molecule has 0 aromatic carbocycles. The molecule has 0 radical (unpaired) electrons. The molecule has 1 fully saturated rings. The molecule has 67 heavy (non-hydrogen) atoms. The lowest BCUT2D eigenvalue weighted by Crippen LogP contribution is -2.60. The summed E-state index contributed by atoms with van der Waals surface area (Å²) in [7, 11) is 0. The van der Waals surface area contributed by atoms with E-state index in [1.54, 1.807) is 0 Å². The zero-order chi connectivity index (χ0) is 49.0. The van der Waals surface area contributed by atoms with E-state index in [1.807, 2.05) is 0 Å². The van der Waals surface area contributed by atoms with Crippen LogP contribution in [0.3, 0.4) is 0 Å². The Morgan fingerprint density at radius 1 is 0.507 bits per heavy atom. The predicted octanol–water partition coefficient (Wildman–Crippen LogP) is 10.9. The van der Waals surface area contributed by atoms with Crippen LogP contribution >= 0.6 is 0 Å². The van der Waals surface area contributed by atoms with Gasteiger partial charge in [0, 0.05) is 0 Å². The van der Waals surface area contributed by atoms with E-state index in [2.05, 4.69) is 67.8 Å². The number of unbranched alkanes of at least 4 members (excludes halogenated alkanes) is 26. The van der Waals surface area contributed by atoms with Gasteiger partial charge < -0.3 is 50.5 Å². The highest BCUT2D eigenvalue weighted by Crippen LogP contribution is 2.23. The van der Waals surface area contributed by atoms with Gasteiger partial charge >= 0.3 is 0 Å². The summed E-state index contributed by atoms with van der Waals surface area (Å²) >= 11 is 0. The summed E-state index contributed by atoms with van der Waals surface area (Å²) in [6.07, 6.45) is 44.4. The van der Waals surface area contributed by atoms with Crippen LogP contribution in [-0.4, -0.2) is 110 Å². The van der Waals surface area contributed by atoms with Crippen LogP contribution in [0.5, 0.6) is 0 Å². The van der Waals surface area contributed by atoms with Crippen LogP contribution in [0, 0.1) is 0 Å². The Balaban J connectivity index is 2.40. The molecule has 11 heteroatoms. The van der Waals surface area contributed by atoms with Gasteiger partial charge in [-0.2, -0.15) is 0 Å². The van der Waals surface area contributed by atoms with E-state index >= 15 is 0 Å². The van der Waals surface area contributed by atoms with Gasteiger partial charge in [0.05, 0.1) is 25.4 Å². The van der Waals surface area contributed by atoms with E-state index in [-0.39, 0.29) is 12.8 Å². The number of aliphatic hydroxyl groups excluding tert-OH is 7. The van der Waals surface area contributed by atoms with Crippen molar-refractivity contribution < 1.29 is 50.0 Å². The largest absolute Gasteiger partial charge is 0.394 e. The predicted molar refractivity (Wildman–Crippen MR) is 275 cm³/mol. The molecule has 0 aliphatic carbocycles. The van der Waals surface area contributed by atoms with Crippen molar-refractivity contribution in [3.63, 3.8) is 0 Å². The van der Waals surface area contributed by atoms with Gasteiger partial charge in [-0.25, -0.2) is 0 Å². The first-order chi connectivity index (χ1) is 32.7. The molecule has 1 saturated heterocycles. The summed E-state index contributed by atoms with van der Waals surface area (Å²) in [5.41, 5.74) is 0. The number of rotatable bonds is 46. The van der Waals surface area contributed by atoms with Crippen LogP contribution in [0.2, 0.25) is 0 Å². The zero-order valence-electron chi connectivity index (χ0n) is 42.6. The van der Waals surface area contributed by atoms with Crippen LogP contribution in [-0.2, 0) is 14.3 Å². The average molecular weight is 950 g/mol. The van der Waals surface area contributed by atoms with Gasteiger partial charge in [-0.05, 0) is 89.9 Å². The highest BCUT2D eigenvalue weighted by Gasteiger charge is 2.44. The molecule has 1 amide bonds. The van der Waals surface area contributed by atoms with Crippen molar-refractivity contribution >= 4 is 5.91 Å². The van der Waals surface area contributed by atoms with E-state index in [4.69, 9.17) is 9.47 Å². The number of carbonyl (C=O) groups excluding carboxylic acids is 1. The lowest BCUT2D eigenvalue weighted by molar-refractivity contribution is -0.303. The fourth-order valence-corrected chi connectivity index (χ4v) is 8.53. The highest BCUT2D eigenvalue weighted by molar-refractivity contribution is 5.80. The fraction of sp³-hybridized carbons (Fsp3) is 0.839. The third-order valence-corrected chi connectivity index (χ3v) is 13.1. The van der Waals surface area contributed by atoms with Crippen LogP contribution in [0.4, 0.5) is 0 Å². The van der Waals surface area contributed by atoms with Gasteiger partial charge in [-0.3, -0.25) is 4.79 Å². The normalized spacial score (nSPS) is 21.0. The molecule has 392 valence electrons. The molecule has 1 rings (SSSR count). The second-order valence-electron chi connectivity index (χ2n) is 19.3. The van der Waals surface area contributed by atoms with Gasteiger partial charge in [0.2, 0.25) is 5.91 Å². The Hall–Kier alpha value is -1.93. The van der Waals surface area contributed by atoms with Crippen molar-refractivity contribution in [2.75, 3.05) is 13.2 Å². The van der Waals surface area contributed by atoms with Crippen molar-refractivity contribution in [1.82, 2.24) is 5.32 Å². The van der Waals surface area contributed by atoms with Gasteiger partial charge in [-0.1, -0.05) is 191 Å². The molecule has 1 aliphatic heterocycles. The first-order valence-corrected chi connectivity index (χ1v) is 27.5. The topological polar surface area (TPSA) is 189 Å². The Morgan fingerprint density at radius 2 is 0.896 bits per heavy atom. The molecule has 0 bridgehead atoms. The molecule has 0 aromatic rings. The number of ether oxygens (including phenoxy) is 2. The van der Waals surface area contributed by atoms with Gasteiger partial charge in [0.25, 0.3) is 0 Å². The standard InChI is InChI=1S/C56H103NO10/c1-3-5-7-9-11-13-15-17-19-21-23-25-27-29-31-33-35-37-39-41-43-48(59)51(61)47(46-66-56-54(64)53(63)52(62)50(45-58)67-56)57-55(65)49(60)44-42-40-38-36-34-32-30-28-26-24-22-20-18-16-14-12-10-8-6-4-2/h19,21,26-29,35,37,47-54,56,58-64H,3-18,20,22-25,30-34,36,38-46H2,1-2H3,(H,57,65)/b21-19+,28-26-,29-27+,37-35+. The molecule has 0 spiro atoms. The number of amides is 1. The monoisotopic (exact) mass is 950 g/mol. The maximum atomic E-state index is 13.2. The summed E-state index contributed by atoms with van der Waals surface area (Å²) in [6.45, 7) is 3.43. The SMILES string of the molecule is CCCCCCCCC/C=C/CC/C=C/CC/C=C/CCCC(O)C(O)C(COC1OC(CO)C(O)C(O)C1O)NC(=O)C(O)CCCCCCCC/C=C\CCCCCCCCCCCC. The summed E-state index contributed by atoms with van der Waals surface area (Å²) in [5, 5.41) is 76.0. The Labute approximate surface area is 409 Å². The lowest BCUT2D eigenvalue weighted by Gasteiger charge is -2.40. The molecule has 1 aliphatic rings.